The Balaban J connectivity index is 1.72. The number of rotatable bonds is 4. The van der Waals surface area contributed by atoms with Gasteiger partial charge in [-0.25, -0.2) is 4.98 Å². The molecule has 6 heteroatoms. The SMILES string of the molecule is O=C(NCC1CCCO1)c1cc(-c2cccnc2)nc2ccc(Br)cc12. The van der Waals surface area contributed by atoms with E-state index in [-0.39, 0.29) is 12.0 Å². The van der Waals surface area contributed by atoms with Crippen molar-refractivity contribution in [2.45, 2.75) is 18.9 Å². The fourth-order valence-electron chi connectivity index (χ4n) is 3.16. The molecule has 3 aromatic rings. The summed E-state index contributed by atoms with van der Waals surface area (Å²) in [5, 5.41) is 3.83. The average molecular weight is 412 g/mol. The summed E-state index contributed by atoms with van der Waals surface area (Å²) in [4.78, 5) is 21.7. The van der Waals surface area contributed by atoms with Crippen LogP contribution in [0.2, 0.25) is 0 Å². The lowest BCUT2D eigenvalue weighted by Gasteiger charge is -2.13. The van der Waals surface area contributed by atoms with Crippen LogP contribution in [0.3, 0.4) is 0 Å². The van der Waals surface area contributed by atoms with Crippen LogP contribution in [-0.4, -0.2) is 35.1 Å². The third kappa shape index (κ3) is 3.61. The Hall–Kier alpha value is -2.31. The number of hydrogen-bond acceptors (Lipinski definition) is 4. The van der Waals surface area contributed by atoms with Gasteiger partial charge in [-0.1, -0.05) is 15.9 Å². The highest BCUT2D eigenvalue weighted by Gasteiger charge is 2.19. The number of carbonyl (C=O) groups is 1. The maximum absolute atomic E-state index is 12.9. The van der Waals surface area contributed by atoms with E-state index in [0.29, 0.717) is 12.1 Å². The summed E-state index contributed by atoms with van der Waals surface area (Å²) in [6.45, 7) is 1.30. The van der Waals surface area contributed by atoms with Gasteiger partial charge in [0.15, 0.2) is 0 Å². The van der Waals surface area contributed by atoms with Crippen LogP contribution in [0.4, 0.5) is 0 Å². The van der Waals surface area contributed by atoms with Crippen molar-refractivity contribution in [3.05, 3.63) is 58.8 Å². The number of carbonyl (C=O) groups excluding carboxylic acids is 1. The Morgan fingerprint density at radius 2 is 2.23 bits per heavy atom. The predicted molar refractivity (Wildman–Crippen MR) is 104 cm³/mol. The smallest absolute Gasteiger partial charge is 0.252 e. The van der Waals surface area contributed by atoms with Gasteiger partial charge in [-0.2, -0.15) is 0 Å². The number of ether oxygens (including phenoxy) is 1. The molecule has 1 fully saturated rings. The van der Waals surface area contributed by atoms with E-state index in [1.807, 2.05) is 36.4 Å². The minimum atomic E-state index is -0.115. The number of nitrogens with zero attached hydrogens (tertiary/aromatic N) is 2. The van der Waals surface area contributed by atoms with E-state index < -0.39 is 0 Å². The van der Waals surface area contributed by atoms with Gasteiger partial charge in [0.1, 0.15) is 0 Å². The molecule has 4 rings (SSSR count). The molecule has 1 N–H and O–H groups in total. The molecule has 0 spiro atoms. The van der Waals surface area contributed by atoms with Crippen LogP contribution in [-0.2, 0) is 4.74 Å². The normalized spacial score (nSPS) is 16.7. The molecule has 2 aromatic heterocycles. The van der Waals surface area contributed by atoms with E-state index in [4.69, 9.17) is 9.72 Å². The van der Waals surface area contributed by atoms with Gasteiger partial charge in [0.05, 0.1) is 22.9 Å². The molecule has 0 radical (unpaired) electrons. The van der Waals surface area contributed by atoms with Crippen molar-refractivity contribution in [1.82, 2.24) is 15.3 Å². The number of amides is 1. The van der Waals surface area contributed by atoms with Crippen molar-refractivity contribution < 1.29 is 9.53 Å². The first-order valence-electron chi connectivity index (χ1n) is 8.61. The first kappa shape index (κ1) is 17.1. The van der Waals surface area contributed by atoms with Crippen LogP contribution in [0, 0.1) is 0 Å². The Labute approximate surface area is 159 Å². The van der Waals surface area contributed by atoms with Gasteiger partial charge in [-0.05, 0) is 49.2 Å². The summed E-state index contributed by atoms with van der Waals surface area (Å²) in [6.07, 6.45) is 5.62. The topological polar surface area (TPSA) is 64.1 Å². The first-order valence-corrected chi connectivity index (χ1v) is 9.40. The average Bonchev–Trinajstić information content (AvgIpc) is 3.19. The van der Waals surface area contributed by atoms with Gasteiger partial charge in [0.2, 0.25) is 0 Å². The summed E-state index contributed by atoms with van der Waals surface area (Å²) >= 11 is 3.48. The van der Waals surface area contributed by atoms with Crippen molar-refractivity contribution >= 4 is 32.7 Å². The summed E-state index contributed by atoms with van der Waals surface area (Å²) in [6, 6.07) is 11.4. The van der Waals surface area contributed by atoms with Crippen LogP contribution < -0.4 is 5.32 Å². The van der Waals surface area contributed by atoms with Crippen LogP contribution in [0.25, 0.3) is 22.2 Å². The van der Waals surface area contributed by atoms with Crippen LogP contribution in [0.15, 0.2) is 53.3 Å². The lowest BCUT2D eigenvalue weighted by molar-refractivity contribution is 0.0859. The molecule has 1 atom stereocenters. The van der Waals surface area contributed by atoms with E-state index in [2.05, 4.69) is 26.2 Å². The lowest BCUT2D eigenvalue weighted by atomic mass is 10.0. The third-order valence-electron chi connectivity index (χ3n) is 4.49. The number of halogens is 1. The van der Waals surface area contributed by atoms with Crippen molar-refractivity contribution in [2.24, 2.45) is 0 Å². The summed E-state index contributed by atoms with van der Waals surface area (Å²) in [7, 11) is 0. The van der Waals surface area contributed by atoms with Gasteiger partial charge in [-0.3, -0.25) is 9.78 Å². The maximum Gasteiger partial charge on any atom is 0.252 e. The van der Waals surface area contributed by atoms with Gasteiger partial charge in [0, 0.05) is 41.0 Å². The van der Waals surface area contributed by atoms with E-state index in [9.17, 15) is 4.79 Å². The molecule has 132 valence electrons. The zero-order valence-electron chi connectivity index (χ0n) is 14.1. The minimum absolute atomic E-state index is 0.108. The summed E-state index contributed by atoms with van der Waals surface area (Å²) < 4.78 is 6.51. The Morgan fingerprint density at radius 1 is 1.31 bits per heavy atom. The summed E-state index contributed by atoms with van der Waals surface area (Å²) in [5.74, 6) is -0.115. The largest absolute Gasteiger partial charge is 0.376 e. The number of pyridine rings is 2. The van der Waals surface area contributed by atoms with Gasteiger partial charge in [-0.15, -0.1) is 0 Å². The number of benzene rings is 1. The standard InChI is InChI=1S/C20H18BrN3O2/c21-14-5-6-18-16(9-14)17(20(25)23-12-15-4-2-8-26-15)10-19(24-18)13-3-1-7-22-11-13/h1,3,5-7,9-11,15H,2,4,8,12H2,(H,23,25). The molecule has 0 aliphatic carbocycles. The second kappa shape index (κ2) is 7.51. The van der Waals surface area contributed by atoms with Crippen molar-refractivity contribution in [3.8, 4) is 11.3 Å². The fraction of sp³-hybridized carbons (Fsp3) is 0.250. The molecule has 0 bridgehead atoms. The molecule has 3 heterocycles. The summed E-state index contributed by atoms with van der Waals surface area (Å²) in [5.41, 5.74) is 2.99. The quantitative estimate of drug-likeness (QED) is 0.705. The van der Waals surface area contributed by atoms with Gasteiger partial charge < -0.3 is 10.1 Å². The Kier molecular flexibility index (Phi) is 4.95. The molecule has 1 saturated heterocycles. The number of nitrogens with one attached hydrogen (secondary N) is 1. The minimum Gasteiger partial charge on any atom is -0.376 e. The molecule has 1 aromatic carbocycles. The van der Waals surface area contributed by atoms with Gasteiger partial charge >= 0.3 is 0 Å². The number of aromatic nitrogens is 2. The highest BCUT2D eigenvalue weighted by Crippen LogP contribution is 2.27. The second-order valence-electron chi connectivity index (χ2n) is 6.30. The monoisotopic (exact) mass is 411 g/mol. The molecule has 5 nitrogen and oxygen atoms in total. The van der Waals surface area contributed by atoms with Crippen molar-refractivity contribution in [2.75, 3.05) is 13.2 Å². The molecule has 1 amide bonds. The Morgan fingerprint density at radius 3 is 3.00 bits per heavy atom. The van der Waals surface area contributed by atoms with Crippen LogP contribution in [0.5, 0.6) is 0 Å². The van der Waals surface area contributed by atoms with E-state index in [0.717, 1.165) is 46.1 Å². The van der Waals surface area contributed by atoms with Crippen molar-refractivity contribution in [1.29, 1.82) is 0 Å². The fourth-order valence-corrected chi connectivity index (χ4v) is 3.52. The van der Waals surface area contributed by atoms with Gasteiger partial charge in [0.25, 0.3) is 5.91 Å². The lowest BCUT2D eigenvalue weighted by Crippen LogP contribution is -2.32. The zero-order chi connectivity index (χ0) is 17.9. The Bertz CT molecular complexity index is 940. The van der Waals surface area contributed by atoms with E-state index >= 15 is 0 Å². The number of fused-ring (bicyclic) bond motifs is 1. The predicted octanol–water partition coefficient (Wildman–Crippen LogP) is 3.97. The molecular formula is C20H18BrN3O2. The second-order valence-corrected chi connectivity index (χ2v) is 7.22. The first-order chi connectivity index (χ1) is 12.7. The molecule has 0 saturated carbocycles. The zero-order valence-corrected chi connectivity index (χ0v) is 15.7. The van der Waals surface area contributed by atoms with E-state index in [1.165, 1.54) is 0 Å². The van der Waals surface area contributed by atoms with E-state index in [1.54, 1.807) is 12.4 Å². The highest BCUT2D eigenvalue weighted by atomic mass is 79.9. The molecule has 1 aliphatic rings. The van der Waals surface area contributed by atoms with Crippen molar-refractivity contribution in [3.63, 3.8) is 0 Å². The van der Waals surface area contributed by atoms with Crippen LogP contribution >= 0.6 is 15.9 Å². The van der Waals surface area contributed by atoms with Crippen LogP contribution in [0.1, 0.15) is 23.2 Å². The molecular weight excluding hydrogens is 394 g/mol. The molecule has 1 aliphatic heterocycles. The molecule has 1 unspecified atom stereocenters. The highest BCUT2D eigenvalue weighted by molar-refractivity contribution is 9.10. The molecule has 26 heavy (non-hydrogen) atoms. The number of hydrogen-bond donors (Lipinski definition) is 1. The third-order valence-corrected chi connectivity index (χ3v) is 4.98. The maximum atomic E-state index is 12.9.